The van der Waals surface area contributed by atoms with Crippen LogP contribution in [0, 0.1) is 0 Å². The second kappa shape index (κ2) is 3.08. The molecule has 1 fully saturated rings. The average Bonchev–Trinajstić information content (AvgIpc) is 2.63. The van der Waals surface area contributed by atoms with E-state index in [0.717, 1.165) is 0 Å². The number of likely N-dealkylation sites (N-methyl/N-ethyl adjacent to an activating group) is 1. The lowest BCUT2D eigenvalue weighted by atomic mass is 9.76. The van der Waals surface area contributed by atoms with Gasteiger partial charge >= 0.3 is 0 Å². The molecule has 0 aliphatic carbocycles. The molecule has 0 N–H and O–H groups in total. The van der Waals surface area contributed by atoms with Crippen LogP contribution in [0.4, 0.5) is 5.69 Å². The number of nitrogens with zero attached hydrogens (tertiary/aromatic N) is 2. The fourth-order valence-corrected chi connectivity index (χ4v) is 3.77. The largest absolute Gasteiger partial charge is 0.336 e. The van der Waals surface area contributed by atoms with Crippen molar-refractivity contribution in [3.8, 4) is 0 Å². The summed E-state index contributed by atoms with van der Waals surface area (Å²) in [4.78, 5) is 16.5. The third-order valence-electron chi connectivity index (χ3n) is 5.22. The Morgan fingerprint density at radius 3 is 2.44 bits per heavy atom. The molecule has 1 amide bonds. The molecule has 2 atom stereocenters. The molecule has 1 aromatic carbocycles. The van der Waals surface area contributed by atoms with Gasteiger partial charge in [-0.2, -0.15) is 0 Å². The smallest absolute Gasteiger partial charge is 0.246 e. The van der Waals surface area contributed by atoms with Crippen LogP contribution in [0.25, 0.3) is 0 Å². The Morgan fingerprint density at radius 1 is 1.17 bits per heavy atom. The number of hydrogen-bond acceptors (Lipinski definition) is 2. The Labute approximate surface area is 108 Å². The van der Waals surface area contributed by atoms with Gasteiger partial charge in [-0.1, -0.05) is 32.0 Å². The van der Waals surface area contributed by atoms with Crippen LogP contribution in [-0.4, -0.2) is 29.6 Å². The maximum absolute atomic E-state index is 12.3. The molecule has 2 aliphatic rings. The quantitative estimate of drug-likeness (QED) is 0.699. The van der Waals surface area contributed by atoms with Crippen LogP contribution in [0.15, 0.2) is 24.3 Å². The summed E-state index contributed by atoms with van der Waals surface area (Å²) < 4.78 is 0. The van der Waals surface area contributed by atoms with E-state index in [4.69, 9.17) is 0 Å². The first-order valence-corrected chi connectivity index (χ1v) is 6.50. The first kappa shape index (κ1) is 11.6. The number of carbonyl (C=O) groups excluding carboxylic acids is 1. The number of carbonyl (C=O) groups is 1. The predicted molar refractivity (Wildman–Crippen MR) is 72.6 cm³/mol. The standard InChI is InChI=1S/C15H20N2O/c1-10-13(18)16(5)15(4)14(2,3)11-8-6-7-9-12(11)17(10)15/h6-10H,1-5H3/t10-,15-/m1/s1. The van der Waals surface area contributed by atoms with Gasteiger partial charge in [0.1, 0.15) is 11.7 Å². The highest BCUT2D eigenvalue weighted by Crippen LogP contribution is 2.56. The molecule has 3 heteroatoms. The number of fused-ring (bicyclic) bond motifs is 3. The van der Waals surface area contributed by atoms with Crippen LogP contribution in [-0.2, 0) is 10.2 Å². The van der Waals surface area contributed by atoms with Crippen LogP contribution >= 0.6 is 0 Å². The van der Waals surface area contributed by atoms with Gasteiger partial charge in [0.2, 0.25) is 5.91 Å². The monoisotopic (exact) mass is 244 g/mol. The van der Waals surface area contributed by atoms with Crippen LogP contribution < -0.4 is 4.90 Å². The number of anilines is 1. The van der Waals surface area contributed by atoms with Crippen molar-refractivity contribution in [2.45, 2.75) is 44.8 Å². The van der Waals surface area contributed by atoms with Gasteiger partial charge in [0.25, 0.3) is 0 Å². The van der Waals surface area contributed by atoms with Gasteiger partial charge in [0, 0.05) is 18.2 Å². The summed E-state index contributed by atoms with van der Waals surface area (Å²) in [5, 5.41) is 0. The molecule has 2 heterocycles. The number of rotatable bonds is 0. The van der Waals surface area contributed by atoms with E-state index in [1.165, 1.54) is 11.3 Å². The zero-order chi connectivity index (χ0) is 13.3. The molecule has 0 bridgehead atoms. The van der Waals surface area contributed by atoms with Gasteiger partial charge < -0.3 is 9.80 Å². The fourth-order valence-electron chi connectivity index (χ4n) is 3.77. The molecular weight excluding hydrogens is 224 g/mol. The third kappa shape index (κ3) is 0.957. The molecule has 2 aliphatic heterocycles. The first-order valence-electron chi connectivity index (χ1n) is 6.50. The van der Waals surface area contributed by atoms with Gasteiger partial charge in [-0.3, -0.25) is 4.79 Å². The van der Waals surface area contributed by atoms with Gasteiger partial charge in [-0.05, 0) is 25.5 Å². The fraction of sp³-hybridized carbons (Fsp3) is 0.533. The summed E-state index contributed by atoms with van der Waals surface area (Å²) in [6, 6.07) is 8.37. The average molecular weight is 244 g/mol. The summed E-state index contributed by atoms with van der Waals surface area (Å²) in [7, 11) is 1.92. The second-order valence-electron chi connectivity index (χ2n) is 6.11. The topological polar surface area (TPSA) is 23.6 Å². The number of amides is 1. The molecule has 0 radical (unpaired) electrons. The zero-order valence-corrected chi connectivity index (χ0v) is 11.7. The van der Waals surface area contributed by atoms with E-state index in [2.05, 4.69) is 49.9 Å². The molecule has 3 rings (SSSR count). The molecular formula is C15H20N2O. The van der Waals surface area contributed by atoms with Crippen molar-refractivity contribution in [2.24, 2.45) is 0 Å². The molecule has 1 aromatic rings. The minimum Gasteiger partial charge on any atom is -0.336 e. The van der Waals surface area contributed by atoms with Crippen molar-refractivity contribution < 1.29 is 4.79 Å². The Morgan fingerprint density at radius 2 is 1.78 bits per heavy atom. The van der Waals surface area contributed by atoms with Gasteiger partial charge in [0.15, 0.2) is 0 Å². The molecule has 96 valence electrons. The van der Waals surface area contributed by atoms with E-state index in [9.17, 15) is 4.79 Å². The van der Waals surface area contributed by atoms with Crippen LogP contribution in [0.1, 0.15) is 33.3 Å². The lowest BCUT2D eigenvalue weighted by Crippen LogP contribution is -2.58. The number of benzene rings is 1. The molecule has 0 spiro atoms. The van der Waals surface area contributed by atoms with E-state index < -0.39 is 0 Å². The predicted octanol–water partition coefficient (Wildman–Crippen LogP) is 2.36. The van der Waals surface area contributed by atoms with Crippen molar-refractivity contribution in [3.05, 3.63) is 29.8 Å². The minimum atomic E-state index is -0.271. The summed E-state index contributed by atoms with van der Waals surface area (Å²) in [5.41, 5.74) is 2.19. The molecule has 18 heavy (non-hydrogen) atoms. The van der Waals surface area contributed by atoms with E-state index >= 15 is 0 Å². The van der Waals surface area contributed by atoms with Gasteiger partial charge in [0.05, 0.1) is 0 Å². The van der Waals surface area contributed by atoms with Crippen molar-refractivity contribution in [1.82, 2.24) is 4.90 Å². The summed E-state index contributed by atoms with van der Waals surface area (Å²) in [6.45, 7) is 8.64. The Balaban J connectivity index is 2.31. The van der Waals surface area contributed by atoms with Crippen LogP contribution in [0.5, 0.6) is 0 Å². The van der Waals surface area contributed by atoms with Crippen LogP contribution in [0.2, 0.25) is 0 Å². The van der Waals surface area contributed by atoms with E-state index in [1.807, 2.05) is 18.9 Å². The third-order valence-corrected chi connectivity index (χ3v) is 5.22. The lowest BCUT2D eigenvalue weighted by molar-refractivity contribution is -0.131. The van der Waals surface area contributed by atoms with E-state index in [0.29, 0.717) is 0 Å². The number of hydrogen-bond donors (Lipinski definition) is 0. The molecule has 1 saturated heterocycles. The second-order valence-corrected chi connectivity index (χ2v) is 6.11. The normalized spacial score (nSPS) is 32.7. The zero-order valence-electron chi connectivity index (χ0n) is 11.7. The summed E-state index contributed by atoms with van der Waals surface area (Å²) in [6.07, 6.45) is 0. The maximum Gasteiger partial charge on any atom is 0.246 e. The molecule has 3 nitrogen and oxygen atoms in total. The summed E-state index contributed by atoms with van der Waals surface area (Å²) in [5.74, 6) is 0.208. The van der Waals surface area contributed by atoms with Crippen molar-refractivity contribution in [3.63, 3.8) is 0 Å². The number of para-hydroxylation sites is 1. The maximum atomic E-state index is 12.3. The van der Waals surface area contributed by atoms with Gasteiger partial charge in [-0.15, -0.1) is 0 Å². The highest BCUT2D eigenvalue weighted by Gasteiger charge is 2.63. The Bertz CT molecular complexity index is 537. The highest BCUT2D eigenvalue weighted by molar-refractivity contribution is 5.92. The minimum absolute atomic E-state index is 0.0707. The van der Waals surface area contributed by atoms with Gasteiger partial charge in [-0.25, -0.2) is 0 Å². The Kier molecular flexibility index (Phi) is 1.98. The Hall–Kier alpha value is -1.51. The van der Waals surface area contributed by atoms with E-state index in [-0.39, 0.29) is 23.0 Å². The highest BCUT2D eigenvalue weighted by atomic mass is 16.2. The first-order chi connectivity index (χ1) is 8.33. The lowest BCUT2D eigenvalue weighted by Gasteiger charge is -2.44. The van der Waals surface area contributed by atoms with Crippen molar-refractivity contribution >= 4 is 11.6 Å². The van der Waals surface area contributed by atoms with Crippen molar-refractivity contribution in [2.75, 3.05) is 11.9 Å². The van der Waals surface area contributed by atoms with E-state index in [1.54, 1.807) is 0 Å². The molecule has 0 unspecified atom stereocenters. The SMILES string of the molecule is C[C@@H]1C(=O)N(C)[C@]2(C)N1c1ccccc1C2(C)C. The van der Waals surface area contributed by atoms with Crippen molar-refractivity contribution in [1.29, 1.82) is 0 Å². The van der Waals surface area contributed by atoms with Crippen LogP contribution in [0.3, 0.4) is 0 Å². The molecule has 0 aromatic heterocycles. The molecule has 0 saturated carbocycles. The summed E-state index contributed by atoms with van der Waals surface area (Å²) >= 11 is 0.